The molecule has 1 aromatic carbocycles. The van der Waals surface area contributed by atoms with E-state index in [9.17, 15) is 0 Å². The van der Waals surface area contributed by atoms with Crippen molar-refractivity contribution in [2.24, 2.45) is 5.10 Å². The fraction of sp³-hybridized carbons (Fsp3) is 0.375. The molecule has 0 radical (unpaired) electrons. The molecule has 0 amide bonds. The maximum Gasteiger partial charge on any atom is 0.186 e. The highest BCUT2D eigenvalue weighted by atomic mass is 32.1. The van der Waals surface area contributed by atoms with Crippen molar-refractivity contribution in [3.8, 4) is 0 Å². The molecular formula is C16H21N3OS. The summed E-state index contributed by atoms with van der Waals surface area (Å²) >= 11 is 5.18. The highest BCUT2D eigenvalue weighted by molar-refractivity contribution is 7.80. The molecule has 4 nitrogen and oxygen atoms in total. The van der Waals surface area contributed by atoms with Crippen LogP contribution in [0.15, 0.2) is 39.9 Å². The van der Waals surface area contributed by atoms with Gasteiger partial charge in [0.1, 0.15) is 11.3 Å². The SMILES string of the molecule is CCCCCNC(=S)N/N=C(/C)c1cc2ccccc2o1. The number of nitrogens with one attached hydrogen (secondary N) is 2. The second-order valence-corrected chi connectivity index (χ2v) is 5.33. The van der Waals surface area contributed by atoms with Crippen LogP contribution in [0.1, 0.15) is 38.9 Å². The van der Waals surface area contributed by atoms with Gasteiger partial charge in [-0.1, -0.05) is 38.0 Å². The van der Waals surface area contributed by atoms with Gasteiger partial charge in [-0.05, 0) is 37.7 Å². The molecule has 5 heteroatoms. The van der Waals surface area contributed by atoms with Crippen LogP contribution in [0.2, 0.25) is 0 Å². The van der Waals surface area contributed by atoms with Gasteiger partial charge in [-0.15, -0.1) is 0 Å². The summed E-state index contributed by atoms with van der Waals surface area (Å²) in [6.45, 7) is 4.95. The predicted octanol–water partition coefficient (Wildman–Crippen LogP) is 3.81. The molecule has 0 bridgehead atoms. The van der Waals surface area contributed by atoms with E-state index in [-0.39, 0.29) is 0 Å². The Kier molecular flexibility index (Phi) is 5.75. The fourth-order valence-corrected chi connectivity index (χ4v) is 2.11. The van der Waals surface area contributed by atoms with Crippen LogP contribution < -0.4 is 10.7 Å². The molecule has 2 rings (SSSR count). The van der Waals surface area contributed by atoms with Crippen molar-refractivity contribution in [3.05, 3.63) is 36.1 Å². The summed E-state index contributed by atoms with van der Waals surface area (Å²) in [6.07, 6.45) is 3.52. The largest absolute Gasteiger partial charge is 0.455 e. The molecule has 1 heterocycles. The van der Waals surface area contributed by atoms with Crippen molar-refractivity contribution in [1.82, 2.24) is 10.7 Å². The van der Waals surface area contributed by atoms with Crippen molar-refractivity contribution in [2.45, 2.75) is 33.1 Å². The summed E-state index contributed by atoms with van der Waals surface area (Å²) in [7, 11) is 0. The number of furan rings is 1. The molecule has 0 atom stereocenters. The fourth-order valence-electron chi connectivity index (χ4n) is 1.97. The molecule has 1 aromatic heterocycles. The number of unbranched alkanes of at least 4 members (excludes halogenated alkanes) is 2. The number of hydrogen-bond acceptors (Lipinski definition) is 3. The minimum atomic E-state index is 0.543. The Morgan fingerprint density at radius 1 is 1.29 bits per heavy atom. The molecule has 0 spiro atoms. The molecule has 0 aliphatic carbocycles. The molecule has 0 aliphatic rings. The number of thiocarbonyl (C=S) groups is 1. The van der Waals surface area contributed by atoms with Crippen LogP contribution in [0, 0.1) is 0 Å². The van der Waals surface area contributed by atoms with Gasteiger partial charge >= 0.3 is 0 Å². The van der Waals surface area contributed by atoms with Gasteiger partial charge in [-0.25, -0.2) is 0 Å². The highest BCUT2D eigenvalue weighted by Crippen LogP contribution is 2.19. The van der Waals surface area contributed by atoms with Crippen LogP contribution in [0.5, 0.6) is 0 Å². The van der Waals surface area contributed by atoms with Gasteiger partial charge < -0.3 is 9.73 Å². The lowest BCUT2D eigenvalue weighted by Gasteiger charge is -2.06. The van der Waals surface area contributed by atoms with Crippen LogP contribution >= 0.6 is 12.2 Å². The third kappa shape index (κ3) is 4.56. The molecule has 2 aromatic rings. The van der Waals surface area contributed by atoms with Gasteiger partial charge in [-0.3, -0.25) is 5.43 Å². The Morgan fingerprint density at radius 2 is 2.10 bits per heavy atom. The van der Waals surface area contributed by atoms with E-state index in [0.717, 1.165) is 35.4 Å². The summed E-state index contributed by atoms with van der Waals surface area (Å²) in [4.78, 5) is 0. The third-order valence-electron chi connectivity index (χ3n) is 3.17. The second-order valence-electron chi connectivity index (χ2n) is 4.92. The molecule has 2 N–H and O–H groups in total. The first-order valence-electron chi connectivity index (χ1n) is 7.27. The first-order chi connectivity index (χ1) is 10.2. The Morgan fingerprint density at radius 3 is 2.86 bits per heavy atom. The molecular weight excluding hydrogens is 282 g/mol. The summed E-state index contributed by atoms with van der Waals surface area (Å²) in [5, 5.41) is 9.01. The minimum Gasteiger partial charge on any atom is -0.455 e. The number of hydrazone groups is 1. The van der Waals surface area contributed by atoms with Crippen LogP contribution in [-0.4, -0.2) is 17.4 Å². The predicted molar refractivity (Wildman–Crippen MR) is 91.7 cm³/mol. The lowest BCUT2D eigenvalue weighted by molar-refractivity contribution is 0.603. The van der Waals surface area contributed by atoms with Gasteiger partial charge in [0.2, 0.25) is 0 Å². The average molecular weight is 303 g/mol. The lowest BCUT2D eigenvalue weighted by atomic mass is 10.2. The maximum absolute atomic E-state index is 5.74. The van der Waals surface area contributed by atoms with E-state index in [0.29, 0.717) is 5.11 Å². The van der Waals surface area contributed by atoms with Crippen molar-refractivity contribution in [1.29, 1.82) is 0 Å². The normalized spacial score (nSPS) is 11.6. The summed E-state index contributed by atoms with van der Waals surface area (Å²) < 4.78 is 5.74. The zero-order chi connectivity index (χ0) is 15.1. The lowest BCUT2D eigenvalue weighted by Crippen LogP contribution is -2.33. The van der Waals surface area contributed by atoms with Crippen LogP contribution in [-0.2, 0) is 0 Å². The topological polar surface area (TPSA) is 49.6 Å². The average Bonchev–Trinajstić information content (AvgIpc) is 2.93. The van der Waals surface area contributed by atoms with Gasteiger partial charge in [0.05, 0.1) is 0 Å². The Bertz CT molecular complexity index is 600. The van der Waals surface area contributed by atoms with E-state index in [1.54, 1.807) is 0 Å². The smallest absolute Gasteiger partial charge is 0.186 e. The monoisotopic (exact) mass is 303 g/mol. The zero-order valence-corrected chi connectivity index (χ0v) is 13.3. The molecule has 0 saturated carbocycles. The van der Waals surface area contributed by atoms with Crippen molar-refractivity contribution in [2.75, 3.05) is 6.54 Å². The minimum absolute atomic E-state index is 0.543. The van der Waals surface area contributed by atoms with Crippen LogP contribution in [0.4, 0.5) is 0 Å². The number of rotatable bonds is 6. The molecule has 112 valence electrons. The molecule has 21 heavy (non-hydrogen) atoms. The number of benzene rings is 1. The molecule has 0 unspecified atom stereocenters. The summed E-state index contributed by atoms with van der Waals surface area (Å²) in [6, 6.07) is 9.88. The van der Waals surface area contributed by atoms with E-state index < -0.39 is 0 Å². The molecule has 0 saturated heterocycles. The number of para-hydroxylation sites is 1. The first kappa shape index (κ1) is 15.5. The van der Waals surface area contributed by atoms with E-state index in [4.69, 9.17) is 16.6 Å². The molecule has 0 aliphatic heterocycles. The summed E-state index contributed by atoms with van der Waals surface area (Å²) in [5.74, 6) is 0.748. The number of hydrogen-bond donors (Lipinski definition) is 2. The van der Waals surface area contributed by atoms with E-state index in [1.165, 1.54) is 12.8 Å². The van der Waals surface area contributed by atoms with Gasteiger partial charge in [-0.2, -0.15) is 5.10 Å². The Labute approximate surface area is 130 Å². The summed E-state index contributed by atoms with van der Waals surface area (Å²) in [5.41, 5.74) is 4.48. The van der Waals surface area contributed by atoms with Crippen LogP contribution in [0.3, 0.4) is 0 Å². The molecule has 0 fully saturated rings. The van der Waals surface area contributed by atoms with Crippen molar-refractivity contribution < 1.29 is 4.42 Å². The number of fused-ring (bicyclic) bond motifs is 1. The van der Waals surface area contributed by atoms with Gasteiger partial charge in [0.15, 0.2) is 10.9 Å². The highest BCUT2D eigenvalue weighted by Gasteiger charge is 2.06. The Hall–Kier alpha value is -1.88. The first-order valence-corrected chi connectivity index (χ1v) is 7.68. The standard InChI is InChI=1S/C16H21N3OS/c1-3-4-7-10-17-16(21)19-18-12(2)15-11-13-8-5-6-9-14(13)20-15/h5-6,8-9,11H,3-4,7,10H2,1-2H3,(H2,17,19,21)/b18-12-. The van der Waals surface area contributed by atoms with Crippen molar-refractivity contribution >= 4 is 34.0 Å². The van der Waals surface area contributed by atoms with Gasteiger partial charge in [0, 0.05) is 11.9 Å². The van der Waals surface area contributed by atoms with Gasteiger partial charge in [0.25, 0.3) is 0 Å². The van der Waals surface area contributed by atoms with Crippen LogP contribution in [0.25, 0.3) is 11.0 Å². The van der Waals surface area contributed by atoms with E-state index in [2.05, 4.69) is 22.8 Å². The second kappa shape index (κ2) is 7.78. The maximum atomic E-state index is 5.74. The zero-order valence-electron chi connectivity index (χ0n) is 12.5. The van der Waals surface area contributed by atoms with Crippen molar-refractivity contribution in [3.63, 3.8) is 0 Å². The van der Waals surface area contributed by atoms with E-state index >= 15 is 0 Å². The third-order valence-corrected chi connectivity index (χ3v) is 3.41. The quantitative estimate of drug-likeness (QED) is 0.369. The Balaban J connectivity index is 1.90. The van der Waals surface area contributed by atoms with E-state index in [1.807, 2.05) is 37.3 Å². The number of nitrogens with zero attached hydrogens (tertiary/aromatic N) is 1.